The van der Waals surface area contributed by atoms with E-state index in [2.05, 4.69) is 53.8 Å². The molecule has 40 heavy (non-hydrogen) atoms. The largest absolute Gasteiger partial charge is 0.393 e. The van der Waals surface area contributed by atoms with Crippen molar-refractivity contribution in [2.75, 3.05) is 0 Å². The van der Waals surface area contributed by atoms with Crippen LogP contribution >= 0.6 is 0 Å². The fourth-order valence-corrected chi connectivity index (χ4v) is 12.5. The lowest BCUT2D eigenvalue weighted by atomic mass is 9.33. The van der Waals surface area contributed by atoms with Gasteiger partial charge in [-0.3, -0.25) is 9.59 Å². The summed E-state index contributed by atoms with van der Waals surface area (Å²) >= 11 is 0. The van der Waals surface area contributed by atoms with Crippen molar-refractivity contribution in [2.24, 2.45) is 50.7 Å². The van der Waals surface area contributed by atoms with Crippen molar-refractivity contribution in [1.82, 2.24) is 5.32 Å². The minimum Gasteiger partial charge on any atom is -0.393 e. The molecule has 0 aliphatic heterocycles. The fourth-order valence-electron chi connectivity index (χ4n) is 12.5. The van der Waals surface area contributed by atoms with Crippen LogP contribution in [0.4, 0.5) is 0 Å². The second kappa shape index (κ2) is 9.42. The third-order valence-electron chi connectivity index (χ3n) is 14.8. The molecule has 6 rings (SSSR count). The maximum Gasteiger partial charge on any atom is 0.231 e. The van der Waals surface area contributed by atoms with Gasteiger partial charge in [-0.25, -0.2) is 0 Å². The van der Waals surface area contributed by atoms with E-state index < -0.39 is 5.41 Å². The number of aliphatic hydroxyl groups is 1. The molecule has 4 nitrogen and oxygen atoms in total. The third-order valence-corrected chi connectivity index (χ3v) is 14.8. The van der Waals surface area contributed by atoms with Crippen LogP contribution in [-0.4, -0.2) is 28.9 Å². The second-order valence-corrected chi connectivity index (χ2v) is 17.0. The van der Waals surface area contributed by atoms with Crippen molar-refractivity contribution in [3.8, 4) is 0 Å². The van der Waals surface area contributed by atoms with Crippen LogP contribution in [0.25, 0.3) is 0 Å². The average Bonchev–Trinajstić information content (AvgIpc) is 3.21. The van der Waals surface area contributed by atoms with Gasteiger partial charge in [-0.2, -0.15) is 0 Å². The normalized spacial score (nSPS) is 46.9. The lowest BCUT2D eigenvalue weighted by Gasteiger charge is -2.72. The van der Waals surface area contributed by atoms with Gasteiger partial charge in [0.05, 0.1) is 11.5 Å². The Labute approximate surface area is 243 Å². The van der Waals surface area contributed by atoms with Crippen LogP contribution < -0.4 is 5.32 Å². The molecule has 0 radical (unpaired) electrons. The number of carbonyl (C=O) groups excluding carboxylic acids is 2. The van der Waals surface area contributed by atoms with Crippen molar-refractivity contribution < 1.29 is 14.7 Å². The van der Waals surface area contributed by atoms with E-state index in [0.29, 0.717) is 24.2 Å². The molecule has 0 saturated heterocycles. The molecule has 0 aromatic rings. The summed E-state index contributed by atoms with van der Waals surface area (Å²) in [5.41, 5.74) is 2.11. The number of carbonyl (C=O) groups is 2. The van der Waals surface area contributed by atoms with Crippen LogP contribution in [0.1, 0.15) is 138 Å². The predicted molar refractivity (Wildman–Crippen MR) is 160 cm³/mol. The van der Waals surface area contributed by atoms with Gasteiger partial charge < -0.3 is 10.4 Å². The standard InChI is InChI=1S/C36H57NO3/c1-22(2)29-25(38)21-36(31(40)37-23-11-9-8-10-12-23)20-19-34(6)24(30(29)36)13-14-27-33(5)17-16-28(39)32(3,4)26(33)15-18-35(27,34)7/h22-24,26-28,39H,8-21H2,1-7H3,(H,37,40)/t24?,26?,27?,28-,33-,34+,35+,36+/m0/s1. The van der Waals surface area contributed by atoms with Gasteiger partial charge in [0, 0.05) is 12.5 Å². The number of nitrogens with one attached hydrogen (secondary N) is 1. The first kappa shape index (κ1) is 28.9. The number of hydrogen-bond donors (Lipinski definition) is 2. The Bertz CT molecular complexity index is 1100. The Hall–Kier alpha value is -1.16. The lowest BCUT2D eigenvalue weighted by Crippen LogP contribution is -2.66. The molecule has 1 amide bonds. The van der Waals surface area contributed by atoms with Gasteiger partial charge in [-0.05, 0) is 121 Å². The average molecular weight is 552 g/mol. The van der Waals surface area contributed by atoms with Crippen LogP contribution in [0.5, 0.6) is 0 Å². The number of amides is 1. The maximum atomic E-state index is 14.3. The summed E-state index contributed by atoms with van der Waals surface area (Å²) in [5, 5.41) is 14.5. The van der Waals surface area contributed by atoms with Crippen LogP contribution in [-0.2, 0) is 9.59 Å². The van der Waals surface area contributed by atoms with E-state index in [4.69, 9.17) is 0 Å². The smallest absolute Gasteiger partial charge is 0.231 e. The molecule has 0 spiro atoms. The fraction of sp³-hybridized carbons (Fsp3) is 0.889. The Kier molecular flexibility index (Phi) is 6.81. The van der Waals surface area contributed by atoms with Crippen LogP contribution in [0, 0.1) is 50.7 Å². The Balaban J connectivity index is 1.40. The molecular weight excluding hydrogens is 494 g/mol. The zero-order chi connectivity index (χ0) is 28.9. The summed E-state index contributed by atoms with van der Waals surface area (Å²) in [6.45, 7) is 16.7. The van der Waals surface area contributed by atoms with Crippen molar-refractivity contribution in [1.29, 1.82) is 0 Å². The molecule has 0 heterocycles. The monoisotopic (exact) mass is 551 g/mol. The van der Waals surface area contributed by atoms with E-state index in [1.807, 2.05) is 0 Å². The van der Waals surface area contributed by atoms with Crippen LogP contribution in [0.3, 0.4) is 0 Å². The number of aliphatic hydroxyl groups excluding tert-OH is 1. The van der Waals surface area contributed by atoms with Crippen LogP contribution in [0.2, 0.25) is 0 Å². The minimum atomic E-state index is -0.625. The topological polar surface area (TPSA) is 66.4 Å². The molecule has 0 aromatic carbocycles. The van der Waals surface area contributed by atoms with Gasteiger partial charge in [0.2, 0.25) is 5.91 Å². The number of ketones is 1. The summed E-state index contributed by atoms with van der Waals surface area (Å²) < 4.78 is 0. The van der Waals surface area contributed by atoms with Crippen molar-refractivity contribution in [3.05, 3.63) is 11.1 Å². The number of fused-ring (bicyclic) bond motifs is 7. The van der Waals surface area contributed by atoms with Gasteiger partial charge in [0.15, 0.2) is 5.78 Å². The highest BCUT2D eigenvalue weighted by Crippen LogP contribution is 2.76. The van der Waals surface area contributed by atoms with Gasteiger partial charge >= 0.3 is 0 Å². The van der Waals surface area contributed by atoms with Crippen LogP contribution in [0.15, 0.2) is 11.1 Å². The first-order valence-electron chi connectivity index (χ1n) is 17.0. The zero-order valence-electron chi connectivity index (χ0n) is 26.6. The molecule has 0 bridgehead atoms. The zero-order valence-corrected chi connectivity index (χ0v) is 26.6. The molecule has 3 unspecified atom stereocenters. The molecule has 6 aliphatic rings. The quantitative estimate of drug-likeness (QED) is 0.376. The summed E-state index contributed by atoms with van der Waals surface area (Å²) in [5.74, 6) is 2.06. The number of rotatable bonds is 3. The first-order valence-corrected chi connectivity index (χ1v) is 17.0. The summed E-state index contributed by atoms with van der Waals surface area (Å²) in [6, 6.07) is 0.275. The van der Waals surface area contributed by atoms with E-state index in [1.165, 1.54) is 44.1 Å². The molecule has 8 atom stereocenters. The van der Waals surface area contributed by atoms with Gasteiger partial charge in [0.1, 0.15) is 0 Å². The van der Waals surface area contributed by atoms with Gasteiger partial charge in [0.25, 0.3) is 0 Å². The molecule has 5 fully saturated rings. The lowest BCUT2D eigenvalue weighted by molar-refractivity contribution is -0.228. The van der Waals surface area contributed by atoms with E-state index >= 15 is 0 Å². The number of Topliss-reactive ketones (excluding diaryl/α,β-unsaturated/α-hetero) is 1. The van der Waals surface area contributed by atoms with E-state index in [0.717, 1.165) is 50.5 Å². The maximum absolute atomic E-state index is 14.3. The predicted octanol–water partition coefficient (Wildman–Crippen LogP) is 7.78. The summed E-state index contributed by atoms with van der Waals surface area (Å²) in [4.78, 5) is 28.1. The minimum absolute atomic E-state index is 0.0454. The highest BCUT2D eigenvalue weighted by Gasteiger charge is 2.70. The van der Waals surface area contributed by atoms with Gasteiger partial charge in [-0.15, -0.1) is 0 Å². The van der Waals surface area contributed by atoms with Crippen molar-refractivity contribution >= 4 is 11.7 Å². The summed E-state index contributed by atoms with van der Waals surface area (Å²) in [7, 11) is 0. The molecule has 224 valence electrons. The second-order valence-electron chi connectivity index (χ2n) is 17.0. The SMILES string of the molecule is CC(C)C1=C2C3CCC4[C@@]5(C)CC[C@H](O)C(C)(C)C5CC[C@@]4(C)[C@]3(C)CC[C@@]2(C(=O)NC2CCCCC2)CC1=O. The first-order chi connectivity index (χ1) is 18.7. The number of allylic oxidation sites excluding steroid dienone is 1. The third kappa shape index (κ3) is 3.72. The number of hydrogen-bond acceptors (Lipinski definition) is 3. The summed E-state index contributed by atoms with van der Waals surface area (Å²) in [6.07, 6.45) is 14.6. The van der Waals surface area contributed by atoms with E-state index in [1.54, 1.807) is 0 Å². The Morgan fingerprint density at radius 3 is 2.20 bits per heavy atom. The molecule has 0 aromatic heterocycles. The molecular formula is C36H57NO3. The van der Waals surface area contributed by atoms with Gasteiger partial charge in [-0.1, -0.05) is 67.7 Å². The van der Waals surface area contributed by atoms with E-state index in [9.17, 15) is 14.7 Å². The van der Waals surface area contributed by atoms with Crippen molar-refractivity contribution in [2.45, 2.75) is 151 Å². The Morgan fingerprint density at radius 1 is 0.825 bits per heavy atom. The highest BCUT2D eigenvalue weighted by molar-refractivity contribution is 6.07. The molecule has 4 heteroatoms. The Morgan fingerprint density at radius 2 is 1.52 bits per heavy atom. The molecule has 6 aliphatic carbocycles. The van der Waals surface area contributed by atoms with E-state index in [-0.39, 0.29) is 51.4 Å². The molecule has 5 saturated carbocycles. The highest BCUT2D eigenvalue weighted by atomic mass is 16.3. The molecule has 2 N–H and O–H groups in total. The van der Waals surface area contributed by atoms with Crippen molar-refractivity contribution in [3.63, 3.8) is 0 Å².